The molecular formula is C26H35F3O5. The third-order valence-corrected chi connectivity index (χ3v) is 8.21. The zero-order valence-electron chi connectivity index (χ0n) is 20.5. The third kappa shape index (κ3) is 4.58. The Labute approximate surface area is 199 Å². The number of rotatable bonds is 6. The van der Waals surface area contributed by atoms with Gasteiger partial charge in [-0.05, 0) is 42.4 Å². The molecule has 3 rings (SSSR count). The van der Waals surface area contributed by atoms with Crippen molar-refractivity contribution in [3.05, 3.63) is 35.9 Å². The molecule has 5 nitrogen and oxygen atoms in total. The predicted molar refractivity (Wildman–Crippen MR) is 120 cm³/mol. The lowest BCUT2D eigenvalue weighted by Gasteiger charge is -2.58. The molecule has 0 aromatic heterocycles. The number of carbonyl (C=O) groups is 2. The Morgan fingerprint density at radius 1 is 1.06 bits per heavy atom. The number of carbonyl (C=O) groups excluding carboxylic acids is 2. The van der Waals surface area contributed by atoms with Crippen molar-refractivity contribution >= 4 is 11.9 Å². The molecule has 0 spiro atoms. The van der Waals surface area contributed by atoms with Crippen LogP contribution in [0.1, 0.15) is 65.4 Å². The van der Waals surface area contributed by atoms with E-state index in [1.807, 2.05) is 0 Å². The van der Waals surface area contributed by atoms with Crippen LogP contribution in [0, 0.1) is 22.7 Å². The lowest BCUT2D eigenvalue weighted by molar-refractivity contribution is -0.281. The number of esters is 2. The number of methoxy groups -OCH3 is 1. The van der Waals surface area contributed by atoms with Crippen LogP contribution < -0.4 is 0 Å². The Kier molecular flexibility index (Phi) is 7.42. The average molecular weight is 485 g/mol. The lowest BCUT2D eigenvalue weighted by Crippen LogP contribution is -2.58. The number of benzene rings is 1. The van der Waals surface area contributed by atoms with Gasteiger partial charge in [0.25, 0.3) is 5.60 Å². The van der Waals surface area contributed by atoms with Crippen LogP contribution >= 0.6 is 0 Å². The van der Waals surface area contributed by atoms with Crippen LogP contribution in [0.5, 0.6) is 0 Å². The van der Waals surface area contributed by atoms with Crippen molar-refractivity contribution in [2.24, 2.45) is 22.7 Å². The monoisotopic (exact) mass is 484 g/mol. The topological polar surface area (TPSA) is 61.8 Å². The van der Waals surface area contributed by atoms with Gasteiger partial charge in [-0.2, -0.15) is 13.2 Å². The largest absolute Gasteiger partial charge is 0.465 e. The Morgan fingerprint density at radius 2 is 1.71 bits per heavy atom. The first kappa shape index (κ1) is 26.5. The fraction of sp³-hybridized carbons (Fsp3) is 0.692. The highest BCUT2D eigenvalue weighted by Crippen LogP contribution is 2.60. The van der Waals surface area contributed by atoms with E-state index in [1.54, 1.807) is 6.07 Å². The van der Waals surface area contributed by atoms with Gasteiger partial charge in [-0.25, -0.2) is 4.79 Å². The van der Waals surface area contributed by atoms with Crippen molar-refractivity contribution in [2.75, 3.05) is 13.7 Å². The first-order valence-corrected chi connectivity index (χ1v) is 11.8. The minimum absolute atomic E-state index is 0.00625. The van der Waals surface area contributed by atoms with E-state index in [0.717, 1.165) is 32.8 Å². The van der Waals surface area contributed by atoms with E-state index in [2.05, 4.69) is 20.8 Å². The fourth-order valence-corrected chi connectivity index (χ4v) is 6.54. The molecule has 34 heavy (non-hydrogen) atoms. The van der Waals surface area contributed by atoms with E-state index in [1.165, 1.54) is 31.2 Å². The molecule has 2 aliphatic carbocycles. The highest BCUT2D eigenvalue weighted by molar-refractivity contribution is 5.83. The summed E-state index contributed by atoms with van der Waals surface area (Å²) in [7, 11) is 0.861. The predicted octanol–water partition coefficient (Wildman–Crippen LogP) is 5.81. The van der Waals surface area contributed by atoms with Crippen molar-refractivity contribution < 1.29 is 37.0 Å². The van der Waals surface area contributed by atoms with Gasteiger partial charge in [0.2, 0.25) is 0 Å². The smallest absolute Gasteiger partial charge is 0.432 e. The first-order valence-electron chi connectivity index (χ1n) is 11.8. The second kappa shape index (κ2) is 9.51. The molecule has 2 fully saturated rings. The fourth-order valence-electron chi connectivity index (χ4n) is 6.54. The molecule has 0 aliphatic heterocycles. The lowest BCUT2D eigenvalue weighted by atomic mass is 9.48. The van der Waals surface area contributed by atoms with Crippen LogP contribution in [0.4, 0.5) is 13.2 Å². The Bertz CT molecular complexity index is 884. The summed E-state index contributed by atoms with van der Waals surface area (Å²) in [5.41, 5.74) is -3.90. The maximum Gasteiger partial charge on any atom is 0.432 e. The van der Waals surface area contributed by atoms with E-state index < -0.39 is 35.7 Å². The Hall–Kier alpha value is -2.09. The van der Waals surface area contributed by atoms with Gasteiger partial charge in [-0.15, -0.1) is 0 Å². The molecule has 2 aliphatic rings. The second-order valence-electron chi connectivity index (χ2n) is 10.6. The van der Waals surface area contributed by atoms with Crippen LogP contribution in [-0.2, 0) is 29.4 Å². The summed E-state index contributed by atoms with van der Waals surface area (Å²) in [6.45, 7) is 7.80. The van der Waals surface area contributed by atoms with Gasteiger partial charge in [-0.3, -0.25) is 4.79 Å². The van der Waals surface area contributed by atoms with Crippen molar-refractivity contribution in [1.29, 1.82) is 0 Å². The van der Waals surface area contributed by atoms with Gasteiger partial charge in [-0.1, -0.05) is 57.5 Å². The molecule has 2 saturated carbocycles. The summed E-state index contributed by atoms with van der Waals surface area (Å²) in [5, 5.41) is 0. The summed E-state index contributed by atoms with van der Waals surface area (Å²) >= 11 is 0. The van der Waals surface area contributed by atoms with E-state index >= 15 is 0 Å². The SMILES string of the molecule is CO[C@@](C(=O)O[C@@H]1CCC2C(C)(C)CCC[C@]2(C)[C@H]1COC(C)=O)(c1ccccc1)C(F)(F)F. The number of ether oxygens (including phenoxy) is 3. The molecular weight excluding hydrogens is 449 g/mol. The zero-order valence-corrected chi connectivity index (χ0v) is 20.5. The summed E-state index contributed by atoms with van der Waals surface area (Å²) in [4.78, 5) is 24.9. The number of alkyl halides is 3. The van der Waals surface area contributed by atoms with Crippen LogP contribution in [0.15, 0.2) is 30.3 Å². The Morgan fingerprint density at radius 3 is 2.26 bits per heavy atom. The van der Waals surface area contributed by atoms with Gasteiger partial charge in [0.05, 0.1) is 6.61 Å². The van der Waals surface area contributed by atoms with Crippen molar-refractivity contribution in [1.82, 2.24) is 0 Å². The average Bonchev–Trinajstić information content (AvgIpc) is 2.73. The molecule has 1 unspecified atom stereocenters. The van der Waals surface area contributed by atoms with Crippen LogP contribution in [0.2, 0.25) is 0 Å². The molecule has 1 aromatic rings. The molecule has 8 heteroatoms. The maximum atomic E-state index is 14.4. The molecule has 0 amide bonds. The van der Waals surface area contributed by atoms with Crippen LogP contribution in [-0.4, -0.2) is 37.9 Å². The van der Waals surface area contributed by atoms with Gasteiger partial charge in [0.15, 0.2) is 0 Å². The van der Waals surface area contributed by atoms with Crippen molar-refractivity contribution in [3.63, 3.8) is 0 Å². The normalized spacial score (nSPS) is 30.5. The van der Waals surface area contributed by atoms with Crippen molar-refractivity contribution in [2.45, 2.75) is 77.7 Å². The minimum atomic E-state index is -5.04. The highest BCUT2D eigenvalue weighted by atomic mass is 19.4. The molecule has 0 heterocycles. The van der Waals surface area contributed by atoms with Crippen molar-refractivity contribution in [3.8, 4) is 0 Å². The summed E-state index contributed by atoms with van der Waals surface area (Å²) < 4.78 is 59.0. The van der Waals surface area contributed by atoms with E-state index in [9.17, 15) is 22.8 Å². The summed E-state index contributed by atoms with van der Waals surface area (Å²) in [6.07, 6.45) is -1.93. The molecule has 190 valence electrons. The molecule has 0 radical (unpaired) electrons. The van der Waals surface area contributed by atoms with Crippen LogP contribution in [0.25, 0.3) is 0 Å². The van der Waals surface area contributed by atoms with Gasteiger partial charge < -0.3 is 14.2 Å². The summed E-state index contributed by atoms with van der Waals surface area (Å²) in [5.74, 6) is -2.12. The highest BCUT2D eigenvalue weighted by Gasteiger charge is 2.65. The van der Waals surface area contributed by atoms with E-state index in [4.69, 9.17) is 14.2 Å². The quantitative estimate of drug-likeness (QED) is 0.477. The number of hydrogen-bond acceptors (Lipinski definition) is 5. The summed E-state index contributed by atoms with van der Waals surface area (Å²) in [6, 6.07) is 6.81. The molecule has 0 saturated heterocycles. The minimum Gasteiger partial charge on any atom is -0.465 e. The van der Waals surface area contributed by atoms with Gasteiger partial charge in [0.1, 0.15) is 6.10 Å². The molecule has 5 atom stereocenters. The third-order valence-electron chi connectivity index (χ3n) is 8.21. The van der Waals surface area contributed by atoms with E-state index in [-0.39, 0.29) is 28.9 Å². The van der Waals surface area contributed by atoms with Crippen LogP contribution in [0.3, 0.4) is 0 Å². The maximum absolute atomic E-state index is 14.4. The van der Waals surface area contributed by atoms with Gasteiger partial charge >= 0.3 is 18.1 Å². The number of hydrogen-bond donors (Lipinski definition) is 0. The Balaban J connectivity index is 1.98. The van der Waals surface area contributed by atoms with E-state index in [0.29, 0.717) is 6.42 Å². The second-order valence-corrected chi connectivity index (χ2v) is 10.6. The standard InChI is InChI=1S/C26H35F3O5/c1-17(30)33-16-19-20(12-13-21-23(2,3)14-9-15-24(19,21)4)34-22(31)25(32-5,26(27,28)29)18-10-7-6-8-11-18/h6-8,10-11,19-21H,9,12-16H2,1-5H3/t19-,20+,21?,24+,25+/m0/s1. The molecule has 1 aromatic carbocycles. The number of fused-ring (bicyclic) bond motifs is 1. The molecule has 0 N–H and O–H groups in total. The first-order chi connectivity index (χ1) is 15.8. The number of halogens is 3. The molecule has 0 bridgehead atoms. The van der Waals surface area contributed by atoms with Gasteiger partial charge in [0, 0.05) is 25.5 Å². The zero-order chi connectivity index (χ0) is 25.4.